The number of nitrogens with one attached hydrogen (secondary N) is 1. The number of benzene rings is 2. The average molecular weight is 363 g/mol. The van der Waals surface area contributed by atoms with Gasteiger partial charge in [0.1, 0.15) is 0 Å². The molecular weight excluding hydrogens is 342 g/mol. The second kappa shape index (κ2) is 7.15. The summed E-state index contributed by atoms with van der Waals surface area (Å²) in [7, 11) is 3.21. The first-order valence-electron chi connectivity index (χ1n) is 8.80. The molecule has 6 heteroatoms. The van der Waals surface area contributed by atoms with Gasteiger partial charge in [-0.2, -0.15) is 5.10 Å². The number of rotatable bonds is 5. The number of methoxy groups -OCH3 is 2. The van der Waals surface area contributed by atoms with E-state index in [0.29, 0.717) is 31.0 Å². The number of carbonyl (C=O) groups excluding carboxylic acids is 1. The molecule has 1 aromatic heterocycles. The second-order valence-electron chi connectivity index (χ2n) is 6.48. The number of para-hydroxylation sites is 1. The van der Waals surface area contributed by atoms with Crippen LogP contribution in [0.5, 0.6) is 11.5 Å². The number of carbonyl (C=O) groups is 1. The average Bonchev–Trinajstić information content (AvgIpc) is 3.10. The van der Waals surface area contributed by atoms with E-state index in [2.05, 4.69) is 10.2 Å². The second-order valence-corrected chi connectivity index (χ2v) is 6.48. The topological polar surface area (TPSA) is 67.5 Å². The monoisotopic (exact) mass is 363 g/mol. The van der Waals surface area contributed by atoms with Crippen LogP contribution in [-0.4, -0.2) is 35.2 Å². The number of aromatic amines is 1. The molecule has 1 N–H and O–H groups in total. The molecule has 0 bridgehead atoms. The van der Waals surface area contributed by atoms with Gasteiger partial charge in [0.25, 0.3) is 0 Å². The van der Waals surface area contributed by atoms with E-state index in [1.165, 1.54) is 0 Å². The van der Waals surface area contributed by atoms with Gasteiger partial charge in [0.15, 0.2) is 11.5 Å². The van der Waals surface area contributed by atoms with Gasteiger partial charge < -0.3 is 14.4 Å². The van der Waals surface area contributed by atoms with Crippen LogP contribution in [0.4, 0.5) is 0 Å². The van der Waals surface area contributed by atoms with Gasteiger partial charge in [0.2, 0.25) is 5.91 Å². The number of ether oxygens (including phenoxy) is 2. The maximum absolute atomic E-state index is 12.7. The third kappa shape index (κ3) is 3.14. The predicted octanol–water partition coefficient (Wildman–Crippen LogP) is 3.18. The Morgan fingerprint density at radius 2 is 1.89 bits per heavy atom. The molecule has 0 unspecified atom stereocenters. The normalized spacial score (nSPS) is 13.4. The fourth-order valence-corrected chi connectivity index (χ4v) is 3.51. The molecule has 0 atom stereocenters. The van der Waals surface area contributed by atoms with Gasteiger partial charge in [-0.1, -0.05) is 36.4 Å². The van der Waals surface area contributed by atoms with E-state index in [0.717, 1.165) is 28.1 Å². The highest BCUT2D eigenvalue weighted by Crippen LogP contribution is 2.40. The van der Waals surface area contributed by atoms with Crippen LogP contribution in [0.2, 0.25) is 0 Å². The lowest BCUT2D eigenvalue weighted by atomic mass is 9.98. The van der Waals surface area contributed by atoms with Crippen molar-refractivity contribution in [3.8, 4) is 22.8 Å². The Kier molecular flexibility index (Phi) is 4.54. The molecule has 4 rings (SSSR count). The zero-order valence-electron chi connectivity index (χ0n) is 15.4. The molecule has 6 nitrogen and oxygen atoms in total. The summed E-state index contributed by atoms with van der Waals surface area (Å²) >= 11 is 0. The van der Waals surface area contributed by atoms with Gasteiger partial charge in [-0.05, 0) is 17.7 Å². The SMILES string of the molecule is COc1cccc(-c2n[nH]c3c2CC(=O)N(Cc2ccccc2)C3)c1OC. The smallest absolute Gasteiger partial charge is 0.227 e. The standard InChI is InChI=1S/C21H21N3O3/c1-26-18-10-6-9-15(21(18)27-2)20-16-11-19(25)24(13-17(16)22-23-20)12-14-7-4-3-5-8-14/h3-10H,11-13H2,1-2H3,(H,22,23). The summed E-state index contributed by atoms with van der Waals surface area (Å²) in [5, 5.41) is 7.60. The summed E-state index contributed by atoms with van der Waals surface area (Å²) < 4.78 is 10.9. The summed E-state index contributed by atoms with van der Waals surface area (Å²) in [5.41, 5.74) is 4.57. The van der Waals surface area contributed by atoms with Crippen molar-refractivity contribution in [1.82, 2.24) is 15.1 Å². The molecule has 1 aliphatic heterocycles. The zero-order chi connectivity index (χ0) is 18.8. The number of hydrogen-bond acceptors (Lipinski definition) is 4. The summed E-state index contributed by atoms with van der Waals surface area (Å²) in [6, 6.07) is 15.7. The molecule has 2 aromatic carbocycles. The van der Waals surface area contributed by atoms with E-state index in [1.807, 2.05) is 53.4 Å². The predicted molar refractivity (Wildman–Crippen MR) is 102 cm³/mol. The van der Waals surface area contributed by atoms with Crippen molar-refractivity contribution in [3.63, 3.8) is 0 Å². The molecule has 0 saturated carbocycles. The highest BCUT2D eigenvalue weighted by atomic mass is 16.5. The minimum atomic E-state index is 0.0934. The van der Waals surface area contributed by atoms with E-state index in [4.69, 9.17) is 9.47 Å². The quantitative estimate of drug-likeness (QED) is 0.756. The maximum atomic E-state index is 12.7. The molecule has 27 heavy (non-hydrogen) atoms. The Morgan fingerprint density at radius 1 is 1.07 bits per heavy atom. The Hall–Kier alpha value is -3.28. The van der Waals surface area contributed by atoms with E-state index in [-0.39, 0.29) is 5.91 Å². The number of amides is 1. The number of nitrogens with zero attached hydrogens (tertiary/aromatic N) is 2. The number of aromatic nitrogens is 2. The van der Waals surface area contributed by atoms with Gasteiger partial charge in [-0.15, -0.1) is 0 Å². The van der Waals surface area contributed by atoms with Gasteiger partial charge in [-0.25, -0.2) is 0 Å². The highest BCUT2D eigenvalue weighted by molar-refractivity contribution is 5.85. The van der Waals surface area contributed by atoms with E-state index in [1.54, 1.807) is 14.2 Å². The van der Waals surface area contributed by atoms with Gasteiger partial charge in [0, 0.05) is 17.7 Å². The summed E-state index contributed by atoms with van der Waals surface area (Å²) in [5.74, 6) is 1.35. The van der Waals surface area contributed by atoms with Crippen molar-refractivity contribution in [2.45, 2.75) is 19.5 Å². The highest BCUT2D eigenvalue weighted by Gasteiger charge is 2.29. The van der Waals surface area contributed by atoms with Gasteiger partial charge >= 0.3 is 0 Å². The zero-order valence-corrected chi connectivity index (χ0v) is 15.4. The number of H-pyrrole nitrogens is 1. The van der Waals surface area contributed by atoms with Crippen molar-refractivity contribution in [2.75, 3.05) is 14.2 Å². The number of fused-ring (bicyclic) bond motifs is 1. The first-order valence-corrected chi connectivity index (χ1v) is 8.80. The van der Waals surface area contributed by atoms with Crippen molar-refractivity contribution < 1.29 is 14.3 Å². The van der Waals surface area contributed by atoms with Gasteiger partial charge in [0.05, 0.1) is 38.6 Å². The molecule has 3 aromatic rings. The molecular formula is C21H21N3O3. The largest absolute Gasteiger partial charge is 0.493 e. The lowest BCUT2D eigenvalue weighted by molar-refractivity contribution is -0.132. The summed E-state index contributed by atoms with van der Waals surface area (Å²) in [6.07, 6.45) is 0.314. The van der Waals surface area contributed by atoms with Crippen molar-refractivity contribution in [1.29, 1.82) is 0 Å². The Labute approximate surface area is 157 Å². The summed E-state index contributed by atoms with van der Waals surface area (Å²) in [6.45, 7) is 1.11. The molecule has 2 heterocycles. The Bertz CT molecular complexity index is 966. The fourth-order valence-electron chi connectivity index (χ4n) is 3.51. The maximum Gasteiger partial charge on any atom is 0.227 e. The van der Waals surface area contributed by atoms with Crippen LogP contribution < -0.4 is 9.47 Å². The molecule has 0 aliphatic carbocycles. The lowest BCUT2D eigenvalue weighted by Crippen LogP contribution is -2.35. The fraction of sp³-hybridized carbons (Fsp3) is 0.238. The molecule has 1 aliphatic rings. The molecule has 0 radical (unpaired) electrons. The van der Waals surface area contributed by atoms with Crippen LogP contribution in [0.1, 0.15) is 16.8 Å². The minimum Gasteiger partial charge on any atom is -0.493 e. The van der Waals surface area contributed by atoms with Crippen LogP contribution >= 0.6 is 0 Å². The summed E-state index contributed by atoms with van der Waals surface area (Å²) in [4.78, 5) is 14.6. The molecule has 0 spiro atoms. The van der Waals surface area contributed by atoms with Crippen LogP contribution in [0.3, 0.4) is 0 Å². The van der Waals surface area contributed by atoms with Crippen LogP contribution in [0.25, 0.3) is 11.3 Å². The minimum absolute atomic E-state index is 0.0934. The molecule has 1 amide bonds. The van der Waals surface area contributed by atoms with Crippen LogP contribution in [-0.2, 0) is 24.3 Å². The van der Waals surface area contributed by atoms with Gasteiger partial charge in [-0.3, -0.25) is 9.89 Å². The van der Waals surface area contributed by atoms with Crippen molar-refractivity contribution >= 4 is 5.91 Å². The van der Waals surface area contributed by atoms with E-state index in [9.17, 15) is 4.79 Å². The van der Waals surface area contributed by atoms with Crippen molar-refractivity contribution in [2.24, 2.45) is 0 Å². The van der Waals surface area contributed by atoms with E-state index < -0.39 is 0 Å². The third-order valence-electron chi connectivity index (χ3n) is 4.86. The van der Waals surface area contributed by atoms with Crippen molar-refractivity contribution in [3.05, 3.63) is 65.4 Å². The third-order valence-corrected chi connectivity index (χ3v) is 4.86. The number of hydrogen-bond donors (Lipinski definition) is 1. The molecule has 138 valence electrons. The first-order chi connectivity index (χ1) is 13.2. The Balaban J connectivity index is 1.66. The lowest BCUT2D eigenvalue weighted by Gasteiger charge is -2.27. The first kappa shape index (κ1) is 17.1. The van der Waals surface area contributed by atoms with Crippen LogP contribution in [0.15, 0.2) is 48.5 Å². The molecule has 0 fully saturated rings. The molecule has 0 saturated heterocycles. The Morgan fingerprint density at radius 3 is 2.63 bits per heavy atom. The van der Waals surface area contributed by atoms with E-state index >= 15 is 0 Å². The van der Waals surface area contributed by atoms with Crippen LogP contribution in [0, 0.1) is 0 Å².